The first kappa shape index (κ1) is 14.5. The van der Waals surface area contributed by atoms with Crippen LogP contribution in [-0.4, -0.2) is 38.0 Å². The van der Waals surface area contributed by atoms with Crippen molar-refractivity contribution in [3.63, 3.8) is 0 Å². The molecule has 0 saturated heterocycles. The van der Waals surface area contributed by atoms with Gasteiger partial charge in [0.05, 0.1) is 31.7 Å². The van der Waals surface area contributed by atoms with E-state index < -0.39 is 24.3 Å². The second-order valence-corrected chi connectivity index (χ2v) is 3.53. The first-order valence-electron chi connectivity index (χ1n) is 5.42. The molecule has 19 heavy (non-hydrogen) atoms. The average Bonchev–Trinajstić information content (AvgIpc) is 2.42. The standard InChI is InChI=1S/C12H14N2O5/c1-19-9-5-3-2-4-8(9)12(18)14-6-10(15)13-7-11(16)17/h2-5H,6-7H2,1H3,(H,13,15)(H,14,18)(H,16,17)/p-1. The van der Waals surface area contributed by atoms with Gasteiger partial charge in [-0.15, -0.1) is 0 Å². The van der Waals surface area contributed by atoms with Crippen molar-refractivity contribution in [2.75, 3.05) is 20.2 Å². The highest BCUT2D eigenvalue weighted by Gasteiger charge is 2.12. The Balaban J connectivity index is 2.51. The first-order valence-corrected chi connectivity index (χ1v) is 5.42. The summed E-state index contributed by atoms with van der Waals surface area (Å²) >= 11 is 0. The SMILES string of the molecule is COc1ccccc1C(=O)NCC(=O)NCC(=O)[O-]. The molecule has 2 N–H and O–H groups in total. The predicted octanol–water partition coefficient (Wildman–Crippen LogP) is -1.71. The van der Waals surface area contributed by atoms with Gasteiger partial charge in [0.2, 0.25) is 5.91 Å². The summed E-state index contributed by atoms with van der Waals surface area (Å²) < 4.78 is 5.00. The fourth-order valence-electron chi connectivity index (χ4n) is 1.32. The van der Waals surface area contributed by atoms with E-state index in [0.29, 0.717) is 5.75 Å². The molecule has 0 heterocycles. The van der Waals surface area contributed by atoms with Crippen molar-refractivity contribution >= 4 is 17.8 Å². The molecule has 1 aromatic carbocycles. The Kier molecular flexibility index (Phi) is 5.34. The Hall–Kier alpha value is -2.57. The Bertz CT molecular complexity index is 487. The first-order chi connectivity index (χ1) is 9.04. The van der Waals surface area contributed by atoms with Crippen LogP contribution in [0.25, 0.3) is 0 Å². The number of methoxy groups -OCH3 is 1. The van der Waals surface area contributed by atoms with Gasteiger partial charge in [-0.05, 0) is 12.1 Å². The minimum Gasteiger partial charge on any atom is -0.548 e. The van der Waals surface area contributed by atoms with Gasteiger partial charge in [-0.3, -0.25) is 9.59 Å². The third kappa shape index (κ3) is 4.66. The van der Waals surface area contributed by atoms with Gasteiger partial charge in [0.1, 0.15) is 5.75 Å². The van der Waals surface area contributed by atoms with Crippen LogP contribution in [0.5, 0.6) is 5.75 Å². The lowest BCUT2D eigenvalue weighted by Gasteiger charge is -2.09. The molecule has 7 nitrogen and oxygen atoms in total. The summed E-state index contributed by atoms with van der Waals surface area (Å²) in [6.45, 7) is -0.923. The Morgan fingerprint density at radius 1 is 1.16 bits per heavy atom. The van der Waals surface area contributed by atoms with Crippen molar-refractivity contribution in [3.8, 4) is 5.75 Å². The molecule has 0 radical (unpaired) electrons. The van der Waals surface area contributed by atoms with E-state index in [2.05, 4.69) is 10.6 Å². The normalized spacial score (nSPS) is 9.53. The van der Waals surface area contributed by atoms with Crippen molar-refractivity contribution in [1.29, 1.82) is 0 Å². The van der Waals surface area contributed by atoms with Crippen LogP contribution in [-0.2, 0) is 9.59 Å². The van der Waals surface area contributed by atoms with Crippen molar-refractivity contribution in [1.82, 2.24) is 10.6 Å². The summed E-state index contributed by atoms with van der Waals surface area (Å²) in [5.74, 6) is -2.12. The molecule has 0 aliphatic carbocycles. The number of para-hydroxylation sites is 1. The number of ether oxygens (including phenoxy) is 1. The van der Waals surface area contributed by atoms with Gasteiger partial charge >= 0.3 is 0 Å². The lowest BCUT2D eigenvalue weighted by Crippen LogP contribution is -2.42. The summed E-state index contributed by atoms with van der Waals surface area (Å²) in [5, 5.41) is 14.5. The third-order valence-corrected chi connectivity index (χ3v) is 2.19. The van der Waals surface area contributed by atoms with Crippen LogP contribution in [0.1, 0.15) is 10.4 Å². The van der Waals surface area contributed by atoms with E-state index >= 15 is 0 Å². The van der Waals surface area contributed by atoms with Crippen LogP contribution in [0.3, 0.4) is 0 Å². The van der Waals surface area contributed by atoms with E-state index in [1.165, 1.54) is 7.11 Å². The molecule has 0 aliphatic heterocycles. The molecular formula is C12H13N2O5-. The Morgan fingerprint density at radius 2 is 1.84 bits per heavy atom. The average molecular weight is 265 g/mol. The lowest BCUT2D eigenvalue weighted by molar-refractivity contribution is -0.304. The number of rotatable bonds is 6. The van der Waals surface area contributed by atoms with Gasteiger partial charge in [0.25, 0.3) is 5.91 Å². The number of carboxylic acid groups (broad SMARTS) is 1. The van der Waals surface area contributed by atoms with E-state index in [0.717, 1.165) is 0 Å². The summed E-state index contributed by atoms with van der Waals surface area (Å²) in [6.07, 6.45) is 0. The maximum atomic E-state index is 11.8. The Labute approximate surface area is 109 Å². The zero-order valence-electron chi connectivity index (χ0n) is 10.3. The van der Waals surface area contributed by atoms with E-state index in [-0.39, 0.29) is 12.1 Å². The molecule has 2 amide bonds. The van der Waals surface area contributed by atoms with Gasteiger partial charge in [-0.1, -0.05) is 12.1 Å². The molecular weight excluding hydrogens is 252 g/mol. The highest BCUT2D eigenvalue weighted by Crippen LogP contribution is 2.16. The van der Waals surface area contributed by atoms with Crippen molar-refractivity contribution in [2.24, 2.45) is 0 Å². The molecule has 1 aromatic rings. The van der Waals surface area contributed by atoms with E-state index in [1.807, 2.05) is 0 Å². The molecule has 0 bridgehead atoms. The second kappa shape index (κ2) is 7.00. The fourth-order valence-corrected chi connectivity index (χ4v) is 1.32. The summed E-state index contributed by atoms with van der Waals surface area (Å²) in [4.78, 5) is 33.1. The predicted molar refractivity (Wildman–Crippen MR) is 63.3 cm³/mol. The van der Waals surface area contributed by atoms with Crippen molar-refractivity contribution in [2.45, 2.75) is 0 Å². The molecule has 1 rings (SSSR count). The molecule has 0 fully saturated rings. The van der Waals surface area contributed by atoms with Gasteiger partial charge in [-0.2, -0.15) is 0 Å². The minimum atomic E-state index is -1.40. The second-order valence-electron chi connectivity index (χ2n) is 3.53. The molecule has 0 aromatic heterocycles. The van der Waals surface area contributed by atoms with Crippen LogP contribution < -0.4 is 20.5 Å². The van der Waals surface area contributed by atoms with Crippen molar-refractivity contribution in [3.05, 3.63) is 29.8 Å². The maximum Gasteiger partial charge on any atom is 0.255 e. The molecule has 0 unspecified atom stereocenters. The van der Waals surface area contributed by atoms with E-state index in [4.69, 9.17) is 4.74 Å². The molecule has 7 heteroatoms. The third-order valence-electron chi connectivity index (χ3n) is 2.19. The molecule has 0 spiro atoms. The number of nitrogens with one attached hydrogen (secondary N) is 2. The van der Waals surface area contributed by atoms with Gasteiger partial charge in [-0.25, -0.2) is 0 Å². The van der Waals surface area contributed by atoms with Crippen LogP contribution in [0, 0.1) is 0 Å². The lowest BCUT2D eigenvalue weighted by atomic mass is 10.2. The van der Waals surface area contributed by atoms with Gasteiger partial charge in [0.15, 0.2) is 0 Å². The minimum absolute atomic E-state index is 0.290. The number of benzene rings is 1. The van der Waals surface area contributed by atoms with Crippen LogP contribution in [0.15, 0.2) is 24.3 Å². The zero-order valence-corrected chi connectivity index (χ0v) is 10.3. The smallest absolute Gasteiger partial charge is 0.255 e. The highest BCUT2D eigenvalue weighted by atomic mass is 16.5. The van der Waals surface area contributed by atoms with Crippen LogP contribution >= 0.6 is 0 Å². The van der Waals surface area contributed by atoms with Crippen LogP contribution in [0.4, 0.5) is 0 Å². The molecule has 0 saturated carbocycles. The van der Waals surface area contributed by atoms with Crippen molar-refractivity contribution < 1.29 is 24.2 Å². The zero-order chi connectivity index (χ0) is 14.3. The molecule has 0 aliphatic rings. The topological polar surface area (TPSA) is 108 Å². The van der Waals surface area contributed by atoms with Gasteiger partial charge in [0, 0.05) is 0 Å². The summed E-state index contributed by atoms with van der Waals surface area (Å²) in [5.41, 5.74) is 0.290. The number of hydrogen-bond donors (Lipinski definition) is 2. The maximum absolute atomic E-state index is 11.8. The summed E-state index contributed by atoms with van der Waals surface area (Å²) in [7, 11) is 1.43. The fraction of sp³-hybridized carbons (Fsp3) is 0.250. The monoisotopic (exact) mass is 265 g/mol. The number of carbonyl (C=O) groups excluding carboxylic acids is 3. The van der Waals surface area contributed by atoms with E-state index in [9.17, 15) is 19.5 Å². The Morgan fingerprint density at radius 3 is 2.47 bits per heavy atom. The number of carbonyl (C=O) groups is 3. The van der Waals surface area contributed by atoms with Crippen LogP contribution in [0.2, 0.25) is 0 Å². The number of hydrogen-bond acceptors (Lipinski definition) is 5. The number of aliphatic carboxylic acids is 1. The molecule has 102 valence electrons. The largest absolute Gasteiger partial charge is 0.548 e. The highest BCUT2D eigenvalue weighted by molar-refractivity contribution is 5.98. The molecule has 0 atom stereocenters. The van der Waals surface area contributed by atoms with E-state index in [1.54, 1.807) is 24.3 Å². The quantitative estimate of drug-likeness (QED) is 0.637. The summed E-state index contributed by atoms with van der Waals surface area (Å²) in [6, 6.07) is 6.54. The number of carboxylic acids is 1. The number of amides is 2. The van der Waals surface area contributed by atoms with Gasteiger partial charge < -0.3 is 25.3 Å².